The van der Waals surface area contributed by atoms with Gasteiger partial charge >= 0.3 is 0 Å². The second-order valence-corrected chi connectivity index (χ2v) is 3.17. The van der Waals surface area contributed by atoms with Crippen molar-refractivity contribution in [2.45, 2.75) is 32.7 Å². The summed E-state index contributed by atoms with van der Waals surface area (Å²) in [6.07, 6.45) is 3.74. The SMILES string of the molecule is CCC(CC)Nc1cccnc1C#N. The first kappa shape index (κ1) is 10.5. The van der Waals surface area contributed by atoms with Crippen LogP contribution in [0.2, 0.25) is 0 Å². The van der Waals surface area contributed by atoms with Gasteiger partial charge in [0.25, 0.3) is 0 Å². The molecule has 0 atom stereocenters. The summed E-state index contributed by atoms with van der Waals surface area (Å²) in [5.74, 6) is 0. The molecule has 0 fully saturated rings. The maximum Gasteiger partial charge on any atom is 0.163 e. The quantitative estimate of drug-likeness (QED) is 0.791. The molecule has 74 valence electrons. The number of rotatable bonds is 4. The highest BCUT2D eigenvalue weighted by Crippen LogP contribution is 2.14. The van der Waals surface area contributed by atoms with Gasteiger partial charge in [-0.2, -0.15) is 5.26 Å². The standard InChI is InChI=1S/C11H15N3/c1-3-9(4-2)14-10-6-5-7-13-11(10)8-12/h5-7,9,14H,3-4H2,1-2H3. The van der Waals surface area contributed by atoms with Crippen LogP contribution < -0.4 is 5.32 Å². The zero-order valence-corrected chi connectivity index (χ0v) is 8.62. The Hall–Kier alpha value is -1.56. The lowest BCUT2D eigenvalue weighted by Gasteiger charge is -2.16. The van der Waals surface area contributed by atoms with Crippen LogP contribution in [0, 0.1) is 11.3 Å². The lowest BCUT2D eigenvalue weighted by atomic mass is 10.1. The molecule has 0 radical (unpaired) electrons. The molecule has 0 aliphatic heterocycles. The first-order chi connectivity index (χ1) is 6.81. The molecule has 0 bridgehead atoms. The summed E-state index contributed by atoms with van der Waals surface area (Å²) >= 11 is 0. The molecule has 0 saturated carbocycles. The van der Waals surface area contributed by atoms with Gasteiger partial charge in [-0.05, 0) is 25.0 Å². The van der Waals surface area contributed by atoms with Crippen molar-refractivity contribution in [1.29, 1.82) is 5.26 Å². The summed E-state index contributed by atoms with van der Waals surface area (Å²) < 4.78 is 0. The van der Waals surface area contributed by atoms with E-state index in [1.807, 2.05) is 12.1 Å². The van der Waals surface area contributed by atoms with Crippen molar-refractivity contribution < 1.29 is 0 Å². The van der Waals surface area contributed by atoms with Gasteiger partial charge < -0.3 is 5.32 Å². The van der Waals surface area contributed by atoms with Gasteiger partial charge in [-0.1, -0.05) is 13.8 Å². The molecule has 1 rings (SSSR count). The normalized spacial score (nSPS) is 9.86. The lowest BCUT2D eigenvalue weighted by molar-refractivity contribution is 0.671. The monoisotopic (exact) mass is 189 g/mol. The Labute approximate surface area is 84.8 Å². The summed E-state index contributed by atoms with van der Waals surface area (Å²) in [4.78, 5) is 4.00. The number of nitrogens with one attached hydrogen (secondary N) is 1. The molecule has 14 heavy (non-hydrogen) atoms. The molecule has 0 aliphatic carbocycles. The van der Waals surface area contributed by atoms with Gasteiger partial charge in [0.2, 0.25) is 0 Å². The summed E-state index contributed by atoms with van der Waals surface area (Å²) in [5.41, 5.74) is 1.31. The highest BCUT2D eigenvalue weighted by atomic mass is 14.9. The van der Waals surface area contributed by atoms with Crippen LogP contribution in [-0.2, 0) is 0 Å². The van der Waals surface area contributed by atoms with E-state index in [2.05, 4.69) is 30.2 Å². The first-order valence-electron chi connectivity index (χ1n) is 4.93. The maximum absolute atomic E-state index is 8.82. The van der Waals surface area contributed by atoms with Crippen LogP contribution in [0.3, 0.4) is 0 Å². The zero-order chi connectivity index (χ0) is 10.4. The number of hydrogen-bond acceptors (Lipinski definition) is 3. The number of nitrogens with zero attached hydrogens (tertiary/aromatic N) is 2. The fourth-order valence-electron chi connectivity index (χ4n) is 1.32. The van der Waals surface area contributed by atoms with Crippen molar-refractivity contribution in [3.63, 3.8) is 0 Å². The van der Waals surface area contributed by atoms with E-state index in [0.29, 0.717) is 11.7 Å². The molecule has 0 aromatic carbocycles. The molecule has 1 aromatic rings. The Kier molecular flexibility index (Phi) is 3.93. The molecule has 3 nitrogen and oxygen atoms in total. The molecule has 0 aliphatic rings. The van der Waals surface area contributed by atoms with Gasteiger partial charge in [-0.15, -0.1) is 0 Å². The Bertz CT molecular complexity index is 324. The fraction of sp³-hybridized carbons (Fsp3) is 0.455. The lowest BCUT2D eigenvalue weighted by Crippen LogP contribution is -2.17. The van der Waals surface area contributed by atoms with Crippen molar-refractivity contribution >= 4 is 5.69 Å². The average Bonchev–Trinajstić information content (AvgIpc) is 2.26. The minimum atomic E-state index is 0.422. The van der Waals surface area contributed by atoms with E-state index in [1.54, 1.807) is 6.20 Å². The first-order valence-corrected chi connectivity index (χ1v) is 4.93. The number of pyridine rings is 1. The number of hydrogen-bond donors (Lipinski definition) is 1. The molecule has 1 aromatic heterocycles. The Morgan fingerprint density at radius 3 is 2.79 bits per heavy atom. The second-order valence-electron chi connectivity index (χ2n) is 3.17. The van der Waals surface area contributed by atoms with E-state index in [1.165, 1.54) is 0 Å². The Morgan fingerprint density at radius 2 is 2.21 bits per heavy atom. The van der Waals surface area contributed by atoms with Crippen LogP contribution in [-0.4, -0.2) is 11.0 Å². The van der Waals surface area contributed by atoms with Gasteiger partial charge in [0.15, 0.2) is 5.69 Å². The number of nitriles is 1. The highest BCUT2D eigenvalue weighted by molar-refractivity contribution is 5.53. The topological polar surface area (TPSA) is 48.7 Å². The Balaban J connectivity index is 2.80. The third-order valence-corrected chi connectivity index (χ3v) is 2.26. The van der Waals surface area contributed by atoms with Crippen LogP contribution in [0.15, 0.2) is 18.3 Å². The molecule has 0 saturated heterocycles. The van der Waals surface area contributed by atoms with E-state index >= 15 is 0 Å². The van der Waals surface area contributed by atoms with Crippen molar-refractivity contribution in [3.05, 3.63) is 24.0 Å². The van der Waals surface area contributed by atoms with Gasteiger partial charge in [-0.3, -0.25) is 0 Å². The highest BCUT2D eigenvalue weighted by Gasteiger charge is 2.06. The van der Waals surface area contributed by atoms with E-state index in [9.17, 15) is 0 Å². The molecular weight excluding hydrogens is 174 g/mol. The van der Waals surface area contributed by atoms with E-state index in [4.69, 9.17) is 5.26 Å². The molecule has 3 heteroatoms. The molecular formula is C11H15N3. The summed E-state index contributed by atoms with van der Waals surface area (Å²) in [7, 11) is 0. The van der Waals surface area contributed by atoms with Crippen molar-refractivity contribution in [1.82, 2.24) is 4.98 Å². The zero-order valence-electron chi connectivity index (χ0n) is 8.62. The second kappa shape index (κ2) is 5.23. The minimum absolute atomic E-state index is 0.422. The van der Waals surface area contributed by atoms with Crippen LogP contribution >= 0.6 is 0 Å². The third-order valence-electron chi connectivity index (χ3n) is 2.26. The fourth-order valence-corrected chi connectivity index (χ4v) is 1.32. The molecule has 0 spiro atoms. The van der Waals surface area contributed by atoms with Crippen LogP contribution in [0.25, 0.3) is 0 Å². The third kappa shape index (κ3) is 2.46. The molecule has 1 heterocycles. The minimum Gasteiger partial charge on any atom is -0.380 e. The molecule has 0 amide bonds. The van der Waals surface area contributed by atoms with Crippen LogP contribution in [0.5, 0.6) is 0 Å². The van der Waals surface area contributed by atoms with E-state index in [0.717, 1.165) is 18.5 Å². The van der Waals surface area contributed by atoms with Crippen molar-refractivity contribution in [2.75, 3.05) is 5.32 Å². The summed E-state index contributed by atoms with van der Waals surface area (Å²) in [6.45, 7) is 4.26. The largest absolute Gasteiger partial charge is 0.380 e. The summed E-state index contributed by atoms with van der Waals surface area (Å²) in [5, 5.41) is 12.1. The van der Waals surface area contributed by atoms with Crippen LogP contribution in [0.4, 0.5) is 5.69 Å². The molecule has 1 N–H and O–H groups in total. The Morgan fingerprint density at radius 1 is 1.50 bits per heavy atom. The summed E-state index contributed by atoms with van der Waals surface area (Å²) in [6, 6.07) is 6.23. The van der Waals surface area contributed by atoms with Gasteiger partial charge in [0.1, 0.15) is 6.07 Å². The predicted octanol–water partition coefficient (Wildman–Crippen LogP) is 2.55. The van der Waals surface area contributed by atoms with Crippen molar-refractivity contribution in [2.24, 2.45) is 0 Å². The van der Waals surface area contributed by atoms with Crippen molar-refractivity contribution in [3.8, 4) is 6.07 Å². The van der Waals surface area contributed by atoms with Gasteiger partial charge in [-0.25, -0.2) is 4.98 Å². The van der Waals surface area contributed by atoms with E-state index < -0.39 is 0 Å². The predicted molar refractivity (Wildman–Crippen MR) is 56.9 cm³/mol. The smallest absolute Gasteiger partial charge is 0.163 e. The number of aromatic nitrogens is 1. The van der Waals surface area contributed by atoms with E-state index in [-0.39, 0.29) is 0 Å². The number of anilines is 1. The van der Waals surface area contributed by atoms with Gasteiger partial charge in [0, 0.05) is 12.2 Å². The van der Waals surface area contributed by atoms with Gasteiger partial charge in [0.05, 0.1) is 5.69 Å². The van der Waals surface area contributed by atoms with Crippen LogP contribution in [0.1, 0.15) is 32.4 Å². The maximum atomic E-state index is 8.82. The molecule has 0 unspecified atom stereocenters. The average molecular weight is 189 g/mol.